The van der Waals surface area contributed by atoms with Crippen molar-refractivity contribution in [1.29, 1.82) is 0 Å². The number of nitrogens with zero attached hydrogens (tertiary/aromatic N) is 5. The van der Waals surface area contributed by atoms with Crippen molar-refractivity contribution in [2.75, 3.05) is 5.75 Å². The minimum Gasteiger partial charge on any atom is -0.481 e. The van der Waals surface area contributed by atoms with E-state index in [1.54, 1.807) is 12.5 Å². The number of hydrogen-bond acceptors (Lipinski definition) is 5. The largest absolute Gasteiger partial charge is 0.481 e. The Morgan fingerprint density at radius 2 is 2.39 bits per heavy atom. The van der Waals surface area contributed by atoms with Crippen LogP contribution in [0.1, 0.15) is 5.69 Å². The second-order valence-corrected chi connectivity index (χ2v) is 4.63. The van der Waals surface area contributed by atoms with Crippen LogP contribution in [-0.2, 0) is 24.8 Å². The van der Waals surface area contributed by atoms with E-state index in [4.69, 9.17) is 5.11 Å². The number of carbonyl (C=O) groups is 1. The molecule has 2 heterocycles. The van der Waals surface area contributed by atoms with Gasteiger partial charge < -0.3 is 9.67 Å². The first-order chi connectivity index (χ1) is 8.66. The highest BCUT2D eigenvalue weighted by Crippen LogP contribution is 2.14. The smallest absolute Gasteiger partial charge is 0.313 e. The number of aryl methyl sites for hydroxylation is 3. The van der Waals surface area contributed by atoms with E-state index in [2.05, 4.69) is 15.3 Å². The van der Waals surface area contributed by atoms with Crippen LogP contribution in [0.15, 0.2) is 23.7 Å². The summed E-state index contributed by atoms with van der Waals surface area (Å²) in [5, 5.41) is 21.0. The normalized spacial score (nSPS) is 10.7. The number of thioether (sulfide) groups is 1. The van der Waals surface area contributed by atoms with Gasteiger partial charge in [-0.25, -0.2) is 0 Å². The Labute approximate surface area is 108 Å². The summed E-state index contributed by atoms with van der Waals surface area (Å²) in [7, 11) is 1.89. The maximum atomic E-state index is 10.5. The summed E-state index contributed by atoms with van der Waals surface area (Å²) in [5.41, 5.74) is 1.11. The fraction of sp³-hybridized carbons (Fsp3) is 0.400. The monoisotopic (exact) mass is 267 g/mol. The van der Waals surface area contributed by atoms with Gasteiger partial charge >= 0.3 is 5.97 Å². The molecule has 0 amide bonds. The molecular weight excluding hydrogens is 254 g/mol. The molecule has 0 saturated carbocycles. The Kier molecular flexibility index (Phi) is 3.98. The van der Waals surface area contributed by atoms with E-state index in [-0.39, 0.29) is 5.75 Å². The van der Waals surface area contributed by atoms with Gasteiger partial charge in [0.15, 0.2) is 5.16 Å². The van der Waals surface area contributed by atoms with Crippen LogP contribution in [0.5, 0.6) is 0 Å². The lowest BCUT2D eigenvalue weighted by Gasteiger charge is -2.05. The molecule has 0 bridgehead atoms. The Balaban J connectivity index is 1.95. The molecule has 7 nitrogen and oxygen atoms in total. The van der Waals surface area contributed by atoms with Crippen molar-refractivity contribution in [2.45, 2.75) is 18.1 Å². The van der Waals surface area contributed by atoms with E-state index in [9.17, 15) is 4.79 Å². The molecule has 0 aliphatic carbocycles. The van der Waals surface area contributed by atoms with Gasteiger partial charge in [-0.1, -0.05) is 11.8 Å². The first kappa shape index (κ1) is 12.6. The summed E-state index contributed by atoms with van der Waals surface area (Å²) in [6.07, 6.45) is 4.16. The van der Waals surface area contributed by atoms with E-state index >= 15 is 0 Å². The van der Waals surface area contributed by atoms with Crippen LogP contribution in [0.3, 0.4) is 0 Å². The molecule has 0 aliphatic heterocycles. The minimum atomic E-state index is -0.860. The molecule has 0 radical (unpaired) electrons. The lowest BCUT2D eigenvalue weighted by molar-refractivity contribution is -0.133. The third-order valence-electron chi connectivity index (χ3n) is 2.44. The number of hydrogen-bond donors (Lipinski definition) is 1. The van der Waals surface area contributed by atoms with E-state index in [0.717, 1.165) is 12.1 Å². The molecule has 0 fully saturated rings. The van der Waals surface area contributed by atoms with Crippen molar-refractivity contribution >= 4 is 17.7 Å². The Bertz CT molecular complexity index is 536. The van der Waals surface area contributed by atoms with Crippen LogP contribution in [-0.4, -0.2) is 41.4 Å². The summed E-state index contributed by atoms with van der Waals surface area (Å²) in [4.78, 5) is 10.5. The Hall–Kier alpha value is -1.83. The highest BCUT2D eigenvalue weighted by molar-refractivity contribution is 7.99. The van der Waals surface area contributed by atoms with E-state index in [0.29, 0.717) is 11.7 Å². The van der Waals surface area contributed by atoms with Gasteiger partial charge in [-0.3, -0.25) is 9.48 Å². The summed E-state index contributed by atoms with van der Waals surface area (Å²) in [6, 6.07) is 1.95. The molecule has 2 aromatic rings. The van der Waals surface area contributed by atoms with E-state index in [1.807, 2.05) is 22.4 Å². The zero-order valence-electron chi connectivity index (χ0n) is 9.85. The highest BCUT2D eigenvalue weighted by Gasteiger charge is 2.08. The number of carboxylic acids is 1. The van der Waals surface area contributed by atoms with E-state index < -0.39 is 5.97 Å². The fourth-order valence-corrected chi connectivity index (χ4v) is 2.18. The average molecular weight is 267 g/mol. The zero-order chi connectivity index (χ0) is 13.0. The van der Waals surface area contributed by atoms with Gasteiger partial charge in [0.05, 0.1) is 5.75 Å². The summed E-state index contributed by atoms with van der Waals surface area (Å²) < 4.78 is 3.66. The molecule has 8 heteroatoms. The van der Waals surface area contributed by atoms with Gasteiger partial charge in [0.2, 0.25) is 0 Å². The maximum Gasteiger partial charge on any atom is 0.313 e. The molecule has 0 atom stereocenters. The van der Waals surface area contributed by atoms with Crippen molar-refractivity contribution in [3.8, 4) is 0 Å². The SMILES string of the molecule is Cn1nccc1CCn1cnnc1SCC(=O)O. The van der Waals surface area contributed by atoms with Gasteiger partial charge in [0, 0.05) is 31.9 Å². The van der Waals surface area contributed by atoms with Gasteiger partial charge in [-0.2, -0.15) is 5.10 Å². The lowest BCUT2D eigenvalue weighted by atomic mass is 10.3. The second-order valence-electron chi connectivity index (χ2n) is 3.69. The number of aliphatic carboxylic acids is 1. The first-order valence-electron chi connectivity index (χ1n) is 5.36. The molecule has 0 spiro atoms. The van der Waals surface area contributed by atoms with Crippen molar-refractivity contribution in [2.24, 2.45) is 7.05 Å². The average Bonchev–Trinajstić information content (AvgIpc) is 2.92. The van der Waals surface area contributed by atoms with Crippen molar-refractivity contribution in [1.82, 2.24) is 24.5 Å². The molecule has 0 aromatic carbocycles. The number of aromatic nitrogens is 5. The van der Waals surface area contributed by atoms with E-state index in [1.165, 1.54) is 11.8 Å². The van der Waals surface area contributed by atoms with Gasteiger partial charge in [0.1, 0.15) is 6.33 Å². The van der Waals surface area contributed by atoms with Crippen LogP contribution in [0, 0.1) is 0 Å². The quantitative estimate of drug-likeness (QED) is 0.764. The summed E-state index contributed by atoms with van der Waals surface area (Å²) in [5.74, 6) is -0.870. The van der Waals surface area contributed by atoms with Gasteiger partial charge in [0.25, 0.3) is 0 Å². The minimum absolute atomic E-state index is 0.00952. The number of carboxylic acid groups (broad SMARTS) is 1. The summed E-state index contributed by atoms with van der Waals surface area (Å²) >= 11 is 1.17. The predicted octanol–water partition coefficient (Wildman–Crippen LogP) is 0.431. The Morgan fingerprint density at radius 1 is 1.56 bits per heavy atom. The maximum absolute atomic E-state index is 10.5. The molecule has 0 aliphatic rings. The predicted molar refractivity (Wildman–Crippen MR) is 65.3 cm³/mol. The molecule has 2 aromatic heterocycles. The molecule has 96 valence electrons. The zero-order valence-corrected chi connectivity index (χ0v) is 10.7. The van der Waals surface area contributed by atoms with Crippen LogP contribution in [0.4, 0.5) is 0 Å². The molecule has 0 saturated heterocycles. The molecule has 2 rings (SSSR count). The van der Waals surface area contributed by atoms with Crippen molar-refractivity contribution < 1.29 is 9.90 Å². The van der Waals surface area contributed by atoms with Crippen molar-refractivity contribution in [3.63, 3.8) is 0 Å². The van der Waals surface area contributed by atoms with Crippen LogP contribution >= 0.6 is 11.8 Å². The molecule has 18 heavy (non-hydrogen) atoms. The highest BCUT2D eigenvalue weighted by atomic mass is 32.2. The topological polar surface area (TPSA) is 85.8 Å². The summed E-state index contributed by atoms with van der Waals surface area (Å²) in [6.45, 7) is 0.703. The fourth-order valence-electron chi connectivity index (χ4n) is 1.52. The van der Waals surface area contributed by atoms with Crippen LogP contribution < -0.4 is 0 Å². The van der Waals surface area contributed by atoms with Gasteiger partial charge in [-0.05, 0) is 6.07 Å². The van der Waals surface area contributed by atoms with Gasteiger partial charge in [-0.15, -0.1) is 10.2 Å². The van der Waals surface area contributed by atoms with Crippen molar-refractivity contribution in [3.05, 3.63) is 24.3 Å². The molecule has 1 N–H and O–H groups in total. The lowest BCUT2D eigenvalue weighted by Crippen LogP contribution is -2.07. The second kappa shape index (κ2) is 5.67. The molecular formula is C10H13N5O2S. The third-order valence-corrected chi connectivity index (χ3v) is 3.40. The standard InChI is InChI=1S/C10H13N5O2S/c1-14-8(2-4-12-14)3-5-15-7-11-13-10(15)18-6-9(16)17/h2,4,7H,3,5-6H2,1H3,(H,16,17). The first-order valence-corrected chi connectivity index (χ1v) is 6.34. The van der Waals surface area contributed by atoms with Crippen LogP contribution in [0.25, 0.3) is 0 Å². The van der Waals surface area contributed by atoms with Crippen LogP contribution in [0.2, 0.25) is 0 Å². The third kappa shape index (κ3) is 3.10. The Morgan fingerprint density at radius 3 is 3.06 bits per heavy atom. The number of rotatable bonds is 6. The molecule has 0 unspecified atom stereocenters.